The molecule has 2 aromatic carbocycles. The maximum Gasteiger partial charge on any atom is 0.223 e. The summed E-state index contributed by atoms with van der Waals surface area (Å²) in [6, 6.07) is 11.7. The van der Waals surface area contributed by atoms with Gasteiger partial charge < -0.3 is 4.74 Å². The highest BCUT2D eigenvalue weighted by atomic mass is 32.2. The second-order valence-electron chi connectivity index (χ2n) is 6.30. The van der Waals surface area contributed by atoms with Crippen molar-refractivity contribution in [3.8, 4) is 11.6 Å². The van der Waals surface area contributed by atoms with Gasteiger partial charge in [-0.05, 0) is 61.2 Å². The fourth-order valence-corrected chi connectivity index (χ4v) is 3.45. The molecule has 0 N–H and O–H groups in total. The van der Waals surface area contributed by atoms with Gasteiger partial charge in [0.05, 0.1) is 0 Å². The van der Waals surface area contributed by atoms with Gasteiger partial charge in [-0.25, -0.2) is 13.8 Å². The maximum absolute atomic E-state index is 13.4. The van der Waals surface area contributed by atoms with Crippen molar-refractivity contribution in [1.29, 1.82) is 0 Å². The smallest absolute Gasteiger partial charge is 0.223 e. The number of ether oxygens (including phenoxy) is 1. The molecule has 0 saturated carbocycles. The van der Waals surface area contributed by atoms with Gasteiger partial charge in [0.25, 0.3) is 0 Å². The summed E-state index contributed by atoms with van der Waals surface area (Å²) < 4.78 is 32.4. The topological polar surface area (TPSA) is 35.0 Å². The first-order chi connectivity index (χ1) is 12.9. The Morgan fingerprint density at radius 1 is 0.926 bits per heavy atom. The molecular weight excluding hydrogens is 366 g/mol. The van der Waals surface area contributed by atoms with Crippen molar-refractivity contribution in [2.75, 3.05) is 0 Å². The Morgan fingerprint density at radius 3 is 2.33 bits per heavy atom. The fraction of sp³-hybridized carbons (Fsp3) is 0.238. The van der Waals surface area contributed by atoms with Gasteiger partial charge in [-0.3, -0.25) is 0 Å². The molecule has 1 heterocycles. The van der Waals surface area contributed by atoms with Crippen LogP contribution in [-0.4, -0.2) is 9.97 Å². The minimum atomic E-state index is -0.852. The Kier molecular flexibility index (Phi) is 6.06. The number of aromatic nitrogens is 2. The first kappa shape index (κ1) is 19.3. The lowest BCUT2D eigenvalue weighted by molar-refractivity contribution is 0.453. The molecule has 0 aliphatic rings. The number of aryl methyl sites for hydroxylation is 3. The van der Waals surface area contributed by atoms with Crippen molar-refractivity contribution < 1.29 is 13.5 Å². The van der Waals surface area contributed by atoms with E-state index in [2.05, 4.69) is 16.0 Å². The monoisotopic (exact) mass is 386 g/mol. The molecule has 0 amide bonds. The van der Waals surface area contributed by atoms with Crippen LogP contribution in [0.3, 0.4) is 0 Å². The van der Waals surface area contributed by atoms with Gasteiger partial charge in [0, 0.05) is 17.5 Å². The number of halogens is 2. The SMILES string of the molecule is CCc1cc(Oc2cc(C)cc(C)c2)nc(SCc2ccc(F)c(F)c2)n1. The number of benzene rings is 2. The van der Waals surface area contributed by atoms with Crippen molar-refractivity contribution in [3.05, 3.63) is 76.5 Å². The highest BCUT2D eigenvalue weighted by Crippen LogP contribution is 2.27. The molecule has 0 fully saturated rings. The summed E-state index contributed by atoms with van der Waals surface area (Å²) in [5.74, 6) is -0.0652. The summed E-state index contributed by atoms with van der Waals surface area (Å²) in [6.07, 6.45) is 0.741. The van der Waals surface area contributed by atoms with Crippen LogP contribution in [0.5, 0.6) is 11.6 Å². The molecule has 140 valence electrons. The van der Waals surface area contributed by atoms with E-state index in [1.807, 2.05) is 39.0 Å². The molecule has 0 saturated heterocycles. The Balaban J connectivity index is 1.79. The first-order valence-corrected chi connectivity index (χ1v) is 9.62. The van der Waals surface area contributed by atoms with Crippen LogP contribution in [0.15, 0.2) is 47.6 Å². The predicted octanol–water partition coefficient (Wildman–Crippen LogP) is 6.02. The van der Waals surface area contributed by atoms with E-state index in [4.69, 9.17) is 4.74 Å². The molecule has 0 spiro atoms. The second-order valence-corrected chi connectivity index (χ2v) is 7.24. The summed E-state index contributed by atoms with van der Waals surface area (Å²) in [5, 5.41) is 0.540. The second kappa shape index (κ2) is 8.48. The summed E-state index contributed by atoms with van der Waals surface area (Å²) in [4.78, 5) is 8.94. The number of thioether (sulfide) groups is 1. The zero-order valence-electron chi connectivity index (χ0n) is 15.4. The molecule has 0 aliphatic carbocycles. The molecule has 0 atom stereocenters. The lowest BCUT2D eigenvalue weighted by Crippen LogP contribution is -1.98. The standard InChI is InChI=1S/C21H20F2N2OS/c1-4-16-11-20(26-17-8-13(2)7-14(3)9-17)25-21(24-16)27-12-15-5-6-18(22)19(23)10-15/h5-11H,4,12H2,1-3H3. The molecular formula is C21H20F2N2OS. The van der Waals surface area contributed by atoms with E-state index < -0.39 is 11.6 Å². The highest BCUT2D eigenvalue weighted by Gasteiger charge is 2.09. The Bertz CT molecular complexity index is 943. The van der Waals surface area contributed by atoms with Crippen LogP contribution in [0.1, 0.15) is 29.3 Å². The van der Waals surface area contributed by atoms with Crippen LogP contribution in [-0.2, 0) is 12.2 Å². The zero-order chi connectivity index (χ0) is 19.4. The van der Waals surface area contributed by atoms with Crippen molar-refractivity contribution in [2.24, 2.45) is 0 Å². The first-order valence-electron chi connectivity index (χ1n) is 8.64. The van der Waals surface area contributed by atoms with E-state index in [0.717, 1.165) is 35.1 Å². The minimum absolute atomic E-state index is 0.438. The van der Waals surface area contributed by atoms with Gasteiger partial charge in [0.1, 0.15) is 5.75 Å². The molecule has 6 heteroatoms. The van der Waals surface area contributed by atoms with Crippen LogP contribution in [0, 0.1) is 25.5 Å². The molecule has 0 radical (unpaired) electrons. The lowest BCUT2D eigenvalue weighted by atomic mass is 10.1. The predicted molar refractivity (Wildman–Crippen MR) is 103 cm³/mol. The van der Waals surface area contributed by atoms with E-state index in [1.54, 1.807) is 6.07 Å². The third-order valence-corrected chi connectivity index (χ3v) is 4.79. The average molecular weight is 386 g/mol. The van der Waals surface area contributed by atoms with E-state index >= 15 is 0 Å². The highest BCUT2D eigenvalue weighted by molar-refractivity contribution is 7.98. The number of rotatable bonds is 6. The maximum atomic E-state index is 13.4. The molecule has 0 aliphatic heterocycles. The summed E-state index contributed by atoms with van der Waals surface area (Å²) in [5.41, 5.74) is 3.75. The molecule has 0 bridgehead atoms. The van der Waals surface area contributed by atoms with Crippen molar-refractivity contribution in [2.45, 2.75) is 38.1 Å². The van der Waals surface area contributed by atoms with Gasteiger partial charge in [-0.15, -0.1) is 0 Å². The molecule has 27 heavy (non-hydrogen) atoms. The van der Waals surface area contributed by atoms with Gasteiger partial charge in [0.2, 0.25) is 5.88 Å². The number of hydrogen-bond donors (Lipinski definition) is 0. The van der Waals surface area contributed by atoms with Crippen LogP contribution >= 0.6 is 11.8 Å². The minimum Gasteiger partial charge on any atom is -0.439 e. The van der Waals surface area contributed by atoms with Crippen LogP contribution in [0.4, 0.5) is 8.78 Å². The quantitative estimate of drug-likeness (QED) is 0.383. The number of hydrogen-bond acceptors (Lipinski definition) is 4. The molecule has 0 unspecified atom stereocenters. The van der Waals surface area contributed by atoms with Crippen molar-refractivity contribution in [1.82, 2.24) is 9.97 Å². The van der Waals surface area contributed by atoms with Gasteiger partial charge in [-0.1, -0.05) is 30.8 Å². The van der Waals surface area contributed by atoms with Crippen LogP contribution < -0.4 is 4.74 Å². The van der Waals surface area contributed by atoms with E-state index in [9.17, 15) is 8.78 Å². The Hall–Kier alpha value is -2.47. The fourth-order valence-electron chi connectivity index (χ4n) is 2.64. The van der Waals surface area contributed by atoms with E-state index in [-0.39, 0.29) is 0 Å². The van der Waals surface area contributed by atoms with Crippen LogP contribution in [0.25, 0.3) is 0 Å². The summed E-state index contributed by atoms with van der Waals surface area (Å²) in [6.45, 7) is 6.04. The molecule has 3 nitrogen and oxygen atoms in total. The third-order valence-electron chi connectivity index (χ3n) is 3.87. The summed E-state index contributed by atoms with van der Waals surface area (Å²) in [7, 11) is 0. The third kappa shape index (κ3) is 5.26. The van der Waals surface area contributed by atoms with E-state index in [0.29, 0.717) is 22.4 Å². The largest absolute Gasteiger partial charge is 0.439 e. The molecule has 3 aromatic rings. The van der Waals surface area contributed by atoms with Crippen LogP contribution in [0.2, 0.25) is 0 Å². The molecule has 3 rings (SSSR count). The lowest BCUT2D eigenvalue weighted by Gasteiger charge is -2.10. The van der Waals surface area contributed by atoms with Gasteiger partial charge in [-0.2, -0.15) is 4.98 Å². The van der Waals surface area contributed by atoms with Gasteiger partial charge in [0.15, 0.2) is 16.8 Å². The van der Waals surface area contributed by atoms with Crippen molar-refractivity contribution in [3.63, 3.8) is 0 Å². The van der Waals surface area contributed by atoms with E-state index in [1.165, 1.54) is 17.8 Å². The Labute approximate surface area is 161 Å². The average Bonchev–Trinajstić information content (AvgIpc) is 2.61. The normalized spacial score (nSPS) is 10.9. The van der Waals surface area contributed by atoms with Crippen molar-refractivity contribution >= 4 is 11.8 Å². The summed E-state index contributed by atoms with van der Waals surface area (Å²) >= 11 is 1.36. The zero-order valence-corrected chi connectivity index (χ0v) is 16.2. The van der Waals surface area contributed by atoms with Gasteiger partial charge >= 0.3 is 0 Å². The molecule has 1 aromatic heterocycles. The number of nitrogens with zero attached hydrogens (tertiary/aromatic N) is 2. The Morgan fingerprint density at radius 2 is 1.67 bits per heavy atom.